The van der Waals surface area contributed by atoms with Crippen LogP contribution in [0.4, 0.5) is 14.9 Å². The highest BCUT2D eigenvalue weighted by Gasteiger charge is 2.15. The lowest BCUT2D eigenvalue weighted by atomic mass is 10.2. The third-order valence-electron chi connectivity index (χ3n) is 2.59. The van der Waals surface area contributed by atoms with Crippen molar-refractivity contribution in [3.8, 4) is 0 Å². The molecule has 0 saturated heterocycles. The molecule has 22 heavy (non-hydrogen) atoms. The summed E-state index contributed by atoms with van der Waals surface area (Å²) in [5, 5.41) is 4.23. The van der Waals surface area contributed by atoms with Crippen LogP contribution in [0.3, 0.4) is 0 Å². The van der Waals surface area contributed by atoms with Crippen molar-refractivity contribution in [2.24, 2.45) is 0 Å². The maximum absolute atomic E-state index is 13.4. The summed E-state index contributed by atoms with van der Waals surface area (Å²) in [5.74, 6) is -1.50. The van der Waals surface area contributed by atoms with E-state index < -0.39 is 17.8 Å². The van der Waals surface area contributed by atoms with E-state index in [4.69, 9.17) is 34.8 Å². The largest absolute Gasteiger partial charge is 0.326 e. The summed E-state index contributed by atoms with van der Waals surface area (Å²) in [6.45, 7) is 0. The van der Waals surface area contributed by atoms with Crippen molar-refractivity contribution in [3.63, 3.8) is 0 Å². The number of hydrogen-bond donors (Lipinski definition) is 2. The summed E-state index contributed by atoms with van der Waals surface area (Å²) < 4.78 is 13.4. The molecule has 2 aromatic rings. The summed E-state index contributed by atoms with van der Waals surface area (Å²) in [7, 11) is 0. The van der Waals surface area contributed by atoms with Gasteiger partial charge < -0.3 is 5.32 Å². The number of carbonyl (C=O) groups excluding carboxylic acids is 2. The van der Waals surface area contributed by atoms with Crippen LogP contribution in [0.1, 0.15) is 10.4 Å². The molecule has 2 rings (SSSR count). The maximum atomic E-state index is 13.4. The van der Waals surface area contributed by atoms with E-state index in [1.807, 2.05) is 0 Å². The third-order valence-corrected chi connectivity index (χ3v) is 3.52. The maximum Gasteiger partial charge on any atom is 0.326 e. The van der Waals surface area contributed by atoms with E-state index in [9.17, 15) is 14.0 Å². The Kier molecular flexibility index (Phi) is 5.24. The highest BCUT2D eigenvalue weighted by atomic mass is 35.5. The fraction of sp³-hybridized carbons (Fsp3) is 0. The van der Waals surface area contributed by atoms with Gasteiger partial charge in [0.1, 0.15) is 5.82 Å². The van der Waals surface area contributed by atoms with Crippen LogP contribution < -0.4 is 10.6 Å². The first-order valence-electron chi connectivity index (χ1n) is 5.90. The quantitative estimate of drug-likeness (QED) is 0.759. The zero-order valence-electron chi connectivity index (χ0n) is 10.8. The Labute approximate surface area is 140 Å². The van der Waals surface area contributed by atoms with Crippen LogP contribution in [-0.2, 0) is 0 Å². The molecule has 0 radical (unpaired) electrons. The number of amides is 3. The van der Waals surface area contributed by atoms with E-state index in [0.717, 1.165) is 6.07 Å². The van der Waals surface area contributed by atoms with Crippen LogP contribution in [0.5, 0.6) is 0 Å². The predicted octanol–water partition coefficient (Wildman–Crippen LogP) is 4.75. The van der Waals surface area contributed by atoms with Gasteiger partial charge >= 0.3 is 6.03 Å². The predicted molar refractivity (Wildman–Crippen MR) is 84.4 cm³/mol. The van der Waals surface area contributed by atoms with Crippen molar-refractivity contribution < 1.29 is 14.0 Å². The fourth-order valence-corrected chi connectivity index (χ4v) is 2.20. The minimum atomic E-state index is -0.895. The van der Waals surface area contributed by atoms with Gasteiger partial charge in [0.15, 0.2) is 0 Å². The number of benzene rings is 2. The number of urea groups is 1. The van der Waals surface area contributed by atoms with E-state index in [0.29, 0.717) is 0 Å². The molecule has 8 heteroatoms. The molecule has 0 bridgehead atoms. The summed E-state index contributed by atoms with van der Waals surface area (Å²) in [5.41, 5.74) is 0.0683. The highest BCUT2D eigenvalue weighted by Crippen LogP contribution is 2.28. The zero-order chi connectivity index (χ0) is 16.3. The molecule has 2 N–H and O–H groups in total. The van der Waals surface area contributed by atoms with E-state index in [1.54, 1.807) is 12.1 Å². The van der Waals surface area contributed by atoms with Crippen molar-refractivity contribution in [3.05, 3.63) is 62.8 Å². The highest BCUT2D eigenvalue weighted by molar-refractivity contribution is 6.36. The van der Waals surface area contributed by atoms with Gasteiger partial charge in [-0.15, -0.1) is 0 Å². The molecule has 0 heterocycles. The molecular formula is C14H8Cl3FN2O2. The minimum Gasteiger partial charge on any atom is -0.306 e. The molecule has 0 aliphatic heterocycles. The Bertz CT molecular complexity index is 753. The first-order valence-corrected chi connectivity index (χ1v) is 7.03. The van der Waals surface area contributed by atoms with Gasteiger partial charge in [-0.3, -0.25) is 10.1 Å². The summed E-state index contributed by atoms with van der Waals surface area (Å²) in [6.07, 6.45) is 0. The molecule has 4 nitrogen and oxygen atoms in total. The number of imide groups is 1. The Hall–Kier alpha value is -1.82. The SMILES string of the molecule is O=C(NC(=O)c1ccccc1Cl)Nc1cc(Cl)cc(F)c1Cl. The van der Waals surface area contributed by atoms with Crippen LogP contribution in [0.25, 0.3) is 0 Å². The van der Waals surface area contributed by atoms with Gasteiger partial charge in [-0.1, -0.05) is 46.9 Å². The van der Waals surface area contributed by atoms with Crippen LogP contribution in [0.15, 0.2) is 36.4 Å². The lowest BCUT2D eigenvalue weighted by Crippen LogP contribution is -2.34. The van der Waals surface area contributed by atoms with E-state index >= 15 is 0 Å². The first-order chi connectivity index (χ1) is 10.4. The Balaban J connectivity index is 2.11. The molecule has 0 unspecified atom stereocenters. The van der Waals surface area contributed by atoms with Crippen LogP contribution in [-0.4, -0.2) is 11.9 Å². The standard InChI is InChI=1S/C14H8Cl3FN2O2/c15-7-5-10(18)12(17)11(6-7)19-14(22)20-13(21)8-3-1-2-4-9(8)16/h1-6H,(H2,19,20,21,22). The molecule has 0 aromatic heterocycles. The molecule has 0 fully saturated rings. The second-order valence-corrected chi connectivity index (χ2v) is 5.36. The van der Waals surface area contributed by atoms with Crippen LogP contribution in [0, 0.1) is 5.82 Å². The third kappa shape index (κ3) is 3.88. The summed E-state index contributed by atoms with van der Waals surface area (Å²) >= 11 is 17.2. The van der Waals surface area contributed by atoms with Gasteiger partial charge in [0.2, 0.25) is 0 Å². The number of halogens is 4. The van der Waals surface area contributed by atoms with Crippen LogP contribution in [0.2, 0.25) is 15.1 Å². The number of hydrogen-bond acceptors (Lipinski definition) is 2. The Morgan fingerprint density at radius 1 is 1.05 bits per heavy atom. The van der Waals surface area contributed by atoms with Crippen molar-refractivity contribution in [2.75, 3.05) is 5.32 Å². The van der Waals surface area contributed by atoms with E-state index in [1.165, 1.54) is 18.2 Å². The molecular weight excluding hydrogens is 354 g/mol. The van der Waals surface area contributed by atoms with E-state index in [-0.39, 0.29) is 26.3 Å². The second-order valence-electron chi connectivity index (χ2n) is 4.14. The van der Waals surface area contributed by atoms with Crippen molar-refractivity contribution in [1.29, 1.82) is 0 Å². The number of rotatable bonds is 2. The average Bonchev–Trinajstić information content (AvgIpc) is 2.44. The molecule has 0 atom stereocenters. The fourth-order valence-electron chi connectivity index (χ4n) is 1.62. The molecule has 2 aromatic carbocycles. The van der Waals surface area contributed by atoms with Crippen molar-refractivity contribution >= 4 is 52.4 Å². The minimum absolute atomic E-state index is 0.0506. The molecule has 0 aliphatic rings. The van der Waals surface area contributed by atoms with Crippen molar-refractivity contribution in [2.45, 2.75) is 0 Å². The Morgan fingerprint density at radius 2 is 1.73 bits per heavy atom. The molecule has 0 spiro atoms. The lowest BCUT2D eigenvalue weighted by Gasteiger charge is -2.10. The van der Waals surface area contributed by atoms with Gasteiger partial charge in [0.25, 0.3) is 5.91 Å². The molecule has 0 aliphatic carbocycles. The van der Waals surface area contributed by atoms with Gasteiger partial charge in [-0.2, -0.15) is 0 Å². The van der Waals surface area contributed by atoms with E-state index in [2.05, 4.69) is 10.6 Å². The Morgan fingerprint density at radius 3 is 2.41 bits per heavy atom. The molecule has 0 saturated carbocycles. The smallest absolute Gasteiger partial charge is 0.306 e. The topological polar surface area (TPSA) is 58.2 Å². The second kappa shape index (κ2) is 6.96. The first kappa shape index (κ1) is 16.5. The summed E-state index contributed by atoms with van der Waals surface area (Å²) in [4.78, 5) is 23.7. The number of nitrogens with one attached hydrogen (secondary N) is 2. The van der Waals surface area contributed by atoms with Crippen molar-refractivity contribution in [1.82, 2.24) is 5.32 Å². The van der Waals surface area contributed by atoms with Gasteiger partial charge in [0, 0.05) is 5.02 Å². The molecule has 114 valence electrons. The lowest BCUT2D eigenvalue weighted by molar-refractivity contribution is 0.0967. The average molecular weight is 362 g/mol. The van der Waals surface area contributed by atoms with Crippen LogP contribution >= 0.6 is 34.8 Å². The number of carbonyl (C=O) groups is 2. The van der Waals surface area contributed by atoms with Gasteiger partial charge in [0.05, 0.1) is 21.3 Å². The number of anilines is 1. The van der Waals surface area contributed by atoms with Gasteiger partial charge in [-0.05, 0) is 24.3 Å². The summed E-state index contributed by atoms with van der Waals surface area (Å²) in [6, 6.07) is 7.58. The monoisotopic (exact) mass is 360 g/mol. The normalized spacial score (nSPS) is 10.2. The van der Waals surface area contributed by atoms with Gasteiger partial charge in [-0.25, -0.2) is 9.18 Å². The molecule has 3 amide bonds. The zero-order valence-corrected chi connectivity index (χ0v) is 13.1.